The number of nitrogens with one attached hydrogen (secondary N) is 1. The average Bonchev–Trinajstić information content (AvgIpc) is 2.81. The fraction of sp³-hybridized carbons (Fsp3) is 0.286. The van der Waals surface area contributed by atoms with Crippen LogP contribution in [0.4, 0.5) is 0 Å². The molecule has 0 unspecified atom stereocenters. The second kappa shape index (κ2) is 12.4. The zero-order valence-corrected chi connectivity index (χ0v) is 23.3. The third kappa shape index (κ3) is 8.82. The summed E-state index contributed by atoms with van der Waals surface area (Å²) < 4.78 is 7.66. The lowest BCUT2D eigenvalue weighted by atomic mass is 10.0. The summed E-state index contributed by atoms with van der Waals surface area (Å²) in [5.41, 5.74) is 1.46. The van der Waals surface area contributed by atoms with Crippen LogP contribution in [-0.2, 0) is 22.6 Å². The van der Waals surface area contributed by atoms with E-state index in [1.54, 1.807) is 17.0 Å². The van der Waals surface area contributed by atoms with Crippen LogP contribution in [-0.4, -0.2) is 34.9 Å². The molecule has 0 saturated carbocycles. The van der Waals surface area contributed by atoms with Crippen LogP contribution >= 0.6 is 31.9 Å². The van der Waals surface area contributed by atoms with Crippen LogP contribution < -0.4 is 10.1 Å². The first-order chi connectivity index (χ1) is 16.6. The highest BCUT2D eigenvalue weighted by Crippen LogP contribution is 2.20. The van der Waals surface area contributed by atoms with Crippen LogP contribution in [0.5, 0.6) is 5.75 Å². The number of carbonyl (C=O) groups excluding carboxylic acids is 2. The number of hydrogen-bond donors (Lipinski definition) is 1. The van der Waals surface area contributed by atoms with Crippen molar-refractivity contribution in [2.24, 2.45) is 0 Å². The van der Waals surface area contributed by atoms with E-state index in [2.05, 4.69) is 37.2 Å². The monoisotopic (exact) mass is 600 g/mol. The van der Waals surface area contributed by atoms with Crippen LogP contribution in [0, 0.1) is 0 Å². The molecule has 3 rings (SSSR count). The fourth-order valence-electron chi connectivity index (χ4n) is 3.55. The molecule has 2 amide bonds. The molecule has 0 aliphatic rings. The highest BCUT2D eigenvalue weighted by atomic mass is 79.9. The average molecular weight is 602 g/mol. The minimum Gasteiger partial charge on any atom is -0.484 e. The van der Waals surface area contributed by atoms with Gasteiger partial charge in [0.15, 0.2) is 6.61 Å². The summed E-state index contributed by atoms with van der Waals surface area (Å²) in [4.78, 5) is 28.7. The number of benzene rings is 3. The van der Waals surface area contributed by atoms with E-state index < -0.39 is 11.6 Å². The van der Waals surface area contributed by atoms with Gasteiger partial charge in [-0.1, -0.05) is 74.3 Å². The van der Waals surface area contributed by atoms with E-state index in [-0.39, 0.29) is 25.0 Å². The first-order valence-electron chi connectivity index (χ1n) is 11.4. The number of hydrogen-bond acceptors (Lipinski definition) is 3. The van der Waals surface area contributed by atoms with E-state index in [0.29, 0.717) is 12.2 Å². The van der Waals surface area contributed by atoms with Gasteiger partial charge in [-0.05, 0) is 68.3 Å². The topological polar surface area (TPSA) is 58.6 Å². The molecule has 0 fully saturated rings. The largest absolute Gasteiger partial charge is 0.484 e. The van der Waals surface area contributed by atoms with Crippen molar-refractivity contribution in [2.75, 3.05) is 6.61 Å². The van der Waals surface area contributed by atoms with Gasteiger partial charge in [-0.25, -0.2) is 0 Å². The Morgan fingerprint density at radius 3 is 2.00 bits per heavy atom. The van der Waals surface area contributed by atoms with Crippen molar-refractivity contribution in [3.8, 4) is 5.75 Å². The van der Waals surface area contributed by atoms with Gasteiger partial charge in [-0.2, -0.15) is 0 Å². The van der Waals surface area contributed by atoms with Crippen molar-refractivity contribution in [2.45, 2.75) is 45.3 Å². The number of nitrogens with zero attached hydrogens (tertiary/aromatic N) is 1. The Balaban J connectivity index is 1.91. The van der Waals surface area contributed by atoms with Crippen LogP contribution in [0.1, 0.15) is 31.9 Å². The van der Waals surface area contributed by atoms with Crippen molar-refractivity contribution in [3.05, 3.63) is 98.9 Å². The Morgan fingerprint density at radius 2 is 1.43 bits per heavy atom. The molecule has 35 heavy (non-hydrogen) atoms. The predicted octanol–water partition coefficient (Wildman–Crippen LogP) is 6.15. The number of ether oxygens (including phenoxy) is 1. The van der Waals surface area contributed by atoms with Gasteiger partial charge in [0, 0.05) is 27.4 Å². The molecule has 1 atom stereocenters. The van der Waals surface area contributed by atoms with Crippen molar-refractivity contribution in [1.29, 1.82) is 0 Å². The summed E-state index contributed by atoms with van der Waals surface area (Å²) in [5, 5.41) is 3.06. The molecule has 0 aliphatic heterocycles. The van der Waals surface area contributed by atoms with Gasteiger partial charge in [0.1, 0.15) is 11.8 Å². The van der Waals surface area contributed by atoms with Crippen molar-refractivity contribution in [1.82, 2.24) is 10.2 Å². The van der Waals surface area contributed by atoms with Crippen molar-refractivity contribution >= 4 is 43.7 Å². The van der Waals surface area contributed by atoms with Gasteiger partial charge in [0.05, 0.1) is 0 Å². The van der Waals surface area contributed by atoms with E-state index in [1.807, 2.05) is 87.5 Å². The Bertz CT molecular complexity index is 1110. The summed E-state index contributed by atoms with van der Waals surface area (Å²) >= 11 is 6.86. The summed E-state index contributed by atoms with van der Waals surface area (Å²) in [7, 11) is 0. The van der Waals surface area contributed by atoms with E-state index in [4.69, 9.17) is 4.74 Å². The Morgan fingerprint density at radius 1 is 0.857 bits per heavy atom. The quantitative estimate of drug-likeness (QED) is 0.320. The lowest BCUT2D eigenvalue weighted by Gasteiger charge is -2.33. The third-order valence-electron chi connectivity index (χ3n) is 5.21. The first-order valence-corrected chi connectivity index (χ1v) is 13.0. The van der Waals surface area contributed by atoms with E-state index >= 15 is 0 Å². The molecule has 7 heteroatoms. The Hall–Kier alpha value is -2.64. The summed E-state index contributed by atoms with van der Waals surface area (Å²) in [6.07, 6.45) is 0.392. The molecule has 0 bridgehead atoms. The van der Waals surface area contributed by atoms with Gasteiger partial charge >= 0.3 is 0 Å². The molecule has 0 radical (unpaired) electrons. The van der Waals surface area contributed by atoms with Crippen molar-refractivity contribution < 1.29 is 14.3 Å². The number of amides is 2. The van der Waals surface area contributed by atoms with Gasteiger partial charge in [0.2, 0.25) is 5.91 Å². The highest BCUT2D eigenvalue weighted by Gasteiger charge is 2.32. The van der Waals surface area contributed by atoms with Crippen LogP contribution in [0.3, 0.4) is 0 Å². The molecule has 184 valence electrons. The maximum atomic E-state index is 13.6. The lowest BCUT2D eigenvalue weighted by molar-refractivity contribution is -0.143. The fourth-order valence-corrected chi connectivity index (χ4v) is 4.08. The molecule has 0 aliphatic carbocycles. The van der Waals surface area contributed by atoms with Crippen LogP contribution in [0.2, 0.25) is 0 Å². The number of halogens is 2. The van der Waals surface area contributed by atoms with Gasteiger partial charge in [-0.3, -0.25) is 9.59 Å². The van der Waals surface area contributed by atoms with E-state index in [0.717, 1.165) is 20.1 Å². The molecule has 0 aromatic heterocycles. The minimum absolute atomic E-state index is 0.174. The molecular weight excluding hydrogens is 572 g/mol. The van der Waals surface area contributed by atoms with Crippen LogP contribution in [0.15, 0.2) is 87.8 Å². The Labute approximate surface area is 224 Å². The lowest BCUT2D eigenvalue weighted by Crippen LogP contribution is -2.55. The molecule has 0 saturated heterocycles. The predicted molar refractivity (Wildman–Crippen MR) is 146 cm³/mol. The molecule has 0 spiro atoms. The zero-order chi connectivity index (χ0) is 25.4. The molecule has 3 aromatic rings. The summed E-state index contributed by atoms with van der Waals surface area (Å²) in [6.45, 7) is 5.91. The minimum atomic E-state index is -0.707. The number of rotatable bonds is 9. The summed E-state index contributed by atoms with van der Waals surface area (Å²) in [5.74, 6) is 0.125. The summed E-state index contributed by atoms with van der Waals surface area (Å²) in [6, 6.07) is 24.1. The van der Waals surface area contributed by atoms with E-state index in [1.165, 1.54) is 0 Å². The smallest absolute Gasteiger partial charge is 0.261 e. The molecule has 0 heterocycles. The second-order valence-corrected chi connectivity index (χ2v) is 11.2. The van der Waals surface area contributed by atoms with E-state index in [9.17, 15) is 9.59 Å². The maximum absolute atomic E-state index is 13.6. The third-order valence-corrected chi connectivity index (χ3v) is 6.27. The standard InChI is InChI=1S/C28H30Br2N2O3/c1-28(2,3)31-27(34)25(17-20-7-5-4-6-8-20)32(18-21-9-11-22(29)12-10-21)26(33)19-35-24-15-13-23(30)14-16-24/h4-16,25H,17-19H2,1-3H3,(H,31,34)/t25-/m0/s1. The van der Waals surface area contributed by atoms with Gasteiger partial charge in [-0.15, -0.1) is 0 Å². The zero-order valence-electron chi connectivity index (χ0n) is 20.1. The highest BCUT2D eigenvalue weighted by molar-refractivity contribution is 9.10. The van der Waals surface area contributed by atoms with Gasteiger partial charge in [0.25, 0.3) is 5.91 Å². The SMILES string of the molecule is CC(C)(C)NC(=O)[C@H](Cc1ccccc1)N(Cc1ccc(Br)cc1)C(=O)COc1ccc(Br)cc1. The normalized spacial score (nSPS) is 12.0. The van der Waals surface area contributed by atoms with Crippen LogP contribution in [0.25, 0.3) is 0 Å². The number of carbonyl (C=O) groups is 2. The Kier molecular flexibility index (Phi) is 9.52. The molecule has 1 N–H and O–H groups in total. The van der Waals surface area contributed by atoms with Crippen molar-refractivity contribution in [3.63, 3.8) is 0 Å². The molecular formula is C28H30Br2N2O3. The van der Waals surface area contributed by atoms with Gasteiger partial charge < -0.3 is 15.0 Å². The molecule has 3 aromatic carbocycles. The first kappa shape index (κ1) is 27.0. The molecule has 5 nitrogen and oxygen atoms in total. The maximum Gasteiger partial charge on any atom is 0.261 e. The second-order valence-electron chi connectivity index (χ2n) is 9.34.